The van der Waals surface area contributed by atoms with Crippen molar-refractivity contribution < 1.29 is 26.0 Å². The second-order valence-electron chi connectivity index (χ2n) is 6.58. The quantitative estimate of drug-likeness (QED) is 0.645. The number of halogens is 1. The molecule has 3 heterocycles. The van der Waals surface area contributed by atoms with E-state index in [0.29, 0.717) is 5.56 Å². The first kappa shape index (κ1) is 19.2. The third-order valence-electron chi connectivity index (χ3n) is 4.81. The van der Waals surface area contributed by atoms with Crippen LogP contribution in [0.4, 0.5) is 4.39 Å². The van der Waals surface area contributed by atoms with Crippen LogP contribution in [0.15, 0.2) is 12.3 Å². The number of aryl methyl sites for hydroxylation is 1. The van der Waals surface area contributed by atoms with Crippen LogP contribution in [0, 0.1) is 12.9 Å². The second kappa shape index (κ2) is 6.86. The minimum atomic E-state index is -3.71. The topological polar surface area (TPSA) is 105 Å². The van der Waals surface area contributed by atoms with E-state index in [0.717, 1.165) is 0 Å². The van der Waals surface area contributed by atoms with Crippen LogP contribution in [0.5, 0.6) is 0 Å². The number of sulfone groups is 1. The number of pyridine rings is 1. The molecule has 1 aromatic rings. The molecule has 144 valence electrons. The summed E-state index contributed by atoms with van der Waals surface area (Å²) >= 11 is 0. The van der Waals surface area contributed by atoms with Gasteiger partial charge in [0.1, 0.15) is 0 Å². The van der Waals surface area contributed by atoms with Crippen molar-refractivity contribution >= 4 is 25.8 Å². The molecule has 2 fully saturated rings. The average Bonchev–Trinajstić information content (AvgIpc) is 2.95. The maximum absolute atomic E-state index is 13.1. The van der Waals surface area contributed by atoms with E-state index in [9.17, 15) is 26.0 Å². The Morgan fingerprint density at radius 3 is 2.46 bits per heavy atom. The number of carbonyl (C=O) groups is 1. The molecule has 1 unspecified atom stereocenters. The van der Waals surface area contributed by atoms with E-state index < -0.39 is 31.1 Å². The van der Waals surface area contributed by atoms with Gasteiger partial charge < -0.3 is 4.90 Å². The van der Waals surface area contributed by atoms with Gasteiger partial charge in [-0.1, -0.05) is 0 Å². The summed E-state index contributed by atoms with van der Waals surface area (Å²) in [7, 11) is -7.00. The molecule has 11 heteroatoms. The van der Waals surface area contributed by atoms with E-state index in [-0.39, 0.29) is 55.6 Å². The van der Waals surface area contributed by atoms with Crippen molar-refractivity contribution in [3.8, 4) is 0 Å². The smallest absolute Gasteiger partial charge is 0.255 e. The van der Waals surface area contributed by atoms with Crippen LogP contribution in [-0.2, 0) is 19.9 Å². The van der Waals surface area contributed by atoms with Gasteiger partial charge in [0.2, 0.25) is 16.0 Å². The minimum Gasteiger partial charge on any atom is -0.336 e. The molecular formula is C15H20FN3O5S2. The zero-order valence-corrected chi connectivity index (χ0v) is 15.9. The zero-order chi connectivity index (χ0) is 19.1. The lowest BCUT2D eigenvalue weighted by atomic mass is 10.1. The van der Waals surface area contributed by atoms with Crippen molar-refractivity contribution in [2.45, 2.75) is 18.6 Å². The number of nitrogens with zero attached hydrogens (tertiary/aromatic N) is 3. The van der Waals surface area contributed by atoms with E-state index in [2.05, 4.69) is 4.98 Å². The van der Waals surface area contributed by atoms with Gasteiger partial charge in [-0.3, -0.25) is 4.79 Å². The Balaban J connectivity index is 1.66. The Labute approximate surface area is 152 Å². The van der Waals surface area contributed by atoms with Crippen molar-refractivity contribution in [3.63, 3.8) is 0 Å². The first-order chi connectivity index (χ1) is 12.1. The lowest BCUT2D eigenvalue weighted by Gasteiger charge is -2.35. The Morgan fingerprint density at radius 1 is 1.27 bits per heavy atom. The van der Waals surface area contributed by atoms with E-state index >= 15 is 0 Å². The van der Waals surface area contributed by atoms with Gasteiger partial charge in [-0.2, -0.15) is 8.70 Å². The van der Waals surface area contributed by atoms with Crippen molar-refractivity contribution in [3.05, 3.63) is 29.3 Å². The molecule has 26 heavy (non-hydrogen) atoms. The van der Waals surface area contributed by atoms with Crippen molar-refractivity contribution in [2.24, 2.45) is 0 Å². The van der Waals surface area contributed by atoms with E-state index in [4.69, 9.17) is 0 Å². The molecule has 0 radical (unpaired) electrons. The molecule has 0 bridgehead atoms. The Bertz CT molecular complexity index is 925. The summed E-state index contributed by atoms with van der Waals surface area (Å²) < 4.78 is 62.7. The lowest BCUT2D eigenvalue weighted by Crippen LogP contribution is -2.52. The standard InChI is InChI=1S/C15H20FN3O5S2/c1-11-8-14(16)17-9-13(11)15(20)18-3-5-19(6-4-18)26(23,24)12-2-7-25(21,22)10-12/h8-9,12H,2-7,10H2,1H3. The summed E-state index contributed by atoms with van der Waals surface area (Å²) in [6.07, 6.45) is 1.30. The minimum absolute atomic E-state index is 0.105. The fourth-order valence-corrected chi connectivity index (χ4v) is 7.78. The number of rotatable bonds is 3. The normalized spacial score (nSPS) is 23.9. The van der Waals surface area contributed by atoms with Gasteiger partial charge in [-0.05, 0) is 25.0 Å². The largest absolute Gasteiger partial charge is 0.336 e. The number of hydrogen-bond acceptors (Lipinski definition) is 6. The summed E-state index contributed by atoms with van der Waals surface area (Å²) in [5.41, 5.74) is 0.748. The monoisotopic (exact) mass is 405 g/mol. The molecule has 1 aromatic heterocycles. The third-order valence-corrected chi connectivity index (χ3v) is 9.11. The van der Waals surface area contributed by atoms with E-state index in [1.165, 1.54) is 21.5 Å². The molecule has 1 amide bonds. The lowest BCUT2D eigenvalue weighted by molar-refractivity contribution is 0.0696. The van der Waals surface area contributed by atoms with E-state index in [1.54, 1.807) is 6.92 Å². The molecule has 3 rings (SSSR count). The van der Waals surface area contributed by atoms with Gasteiger partial charge in [-0.25, -0.2) is 21.8 Å². The van der Waals surface area contributed by atoms with Crippen LogP contribution in [-0.4, -0.2) is 79.9 Å². The van der Waals surface area contributed by atoms with Crippen LogP contribution in [0.25, 0.3) is 0 Å². The predicted octanol–water partition coefficient (Wildman–Crippen LogP) is -0.196. The number of aromatic nitrogens is 1. The first-order valence-corrected chi connectivity index (χ1v) is 11.5. The highest BCUT2D eigenvalue weighted by Gasteiger charge is 2.41. The summed E-state index contributed by atoms with van der Waals surface area (Å²) in [4.78, 5) is 17.5. The van der Waals surface area contributed by atoms with E-state index in [1.807, 2.05) is 0 Å². The molecule has 8 nitrogen and oxygen atoms in total. The van der Waals surface area contributed by atoms with Gasteiger partial charge in [0, 0.05) is 32.4 Å². The number of amides is 1. The van der Waals surface area contributed by atoms with Gasteiger partial charge in [0.05, 0.1) is 22.3 Å². The van der Waals surface area contributed by atoms with Crippen LogP contribution < -0.4 is 0 Å². The third kappa shape index (κ3) is 3.74. The fraction of sp³-hybridized carbons (Fsp3) is 0.600. The number of sulfonamides is 1. The molecule has 2 aliphatic rings. The fourth-order valence-electron chi connectivity index (χ4n) is 3.27. The van der Waals surface area contributed by atoms with Crippen molar-refractivity contribution in [1.82, 2.24) is 14.2 Å². The highest BCUT2D eigenvalue weighted by molar-refractivity contribution is 7.95. The SMILES string of the molecule is Cc1cc(F)ncc1C(=O)N1CCN(S(=O)(=O)C2CCS(=O)(=O)C2)CC1. The molecule has 0 aliphatic carbocycles. The van der Waals surface area contributed by atoms with Crippen molar-refractivity contribution in [2.75, 3.05) is 37.7 Å². The highest BCUT2D eigenvalue weighted by Crippen LogP contribution is 2.23. The van der Waals surface area contributed by atoms with Crippen LogP contribution in [0.2, 0.25) is 0 Å². The molecule has 1 atom stereocenters. The summed E-state index contributed by atoms with van der Waals surface area (Å²) in [5.74, 6) is -1.43. The first-order valence-electron chi connectivity index (χ1n) is 8.21. The van der Waals surface area contributed by atoms with Crippen molar-refractivity contribution in [1.29, 1.82) is 0 Å². The number of hydrogen-bond donors (Lipinski definition) is 0. The van der Waals surface area contributed by atoms with Crippen LogP contribution >= 0.6 is 0 Å². The Kier molecular flexibility index (Phi) is 5.06. The Hall–Kier alpha value is -1.59. The molecule has 2 saturated heterocycles. The average molecular weight is 405 g/mol. The molecule has 0 saturated carbocycles. The molecule has 0 spiro atoms. The predicted molar refractivity (Wildman–Crippen MR) is 92.4 cm³/mol. The van der Waals surface area contributed by atoms with Gasteiger partial charge in [0.25, 0.3) is 5.91 Å². The second-order valence-corrected chi connectivity index (χ2v) is 11.0. The molecular weight excluding hydrogens is 385 g/mol. The van der Waals surface area contributed by atoms with Gasteiger partial charge >= 0.3 is 0 Å². The maximum atomic E-state index is 13.1. The molecule has 0 N–H and O–H groups in total. The number of piperazine rings is 1. The van der Waals surface area contributed by atoms with Crippen LogP contribution in [0.3, 0.4) is 0 Å². The summed E-state index contributed by atoms with van der Waals surface area (Å²) in [5, 5.41) is -0.904. The maximum Gasteiger partial charge on any atom is 0.255 e. The Morgan fingerprint density at radius 2 is 1.92 bits per heavy atom. The number of carbonyl (C=O) groups excluding carboxylic acids is 1. The molecule has 0 aromatic carbocycles. The summed E-state index contributed by atoms with van der Waals surface area (Å²) in [6.45, 7) is 2.21. The van der Waals surface area contributed by atoms with Crippen LogP contribution in [0.1, 0.15) is 22.3 Å². The highest BCUT2D eigenvalue weighted by atomic mass is 32.2. The van der Waals surface area contributed by atoms with Gasteiger partial charge in [0.15, 0.2) is 9.84 Å². The summed E-state index contributed by atoms with van der Waals surface area (Å²) in [6, 6.07) is 1.18. The van der Waals surface area contributed by atoms with Gasteiger partial charge in [-0.15, -0.1) is 0 Å². The zero-order valence-electron chi connectivity index (χ0n) is 14.3. The molecule has 2 aliphatic heterocycles.